The minimum atomic E-state index is -0.0945. The molecular weight excluding hydrogens is 303 g/mol. The highest BCUT2D eigenvalue weighted by molar-refractivity contribution is 5.92. The third-order valence-electron chi connectivity index (χ3n) is 2.87. The molecule has 0 saturated heterocycles. The average molecular weight is 325 g/mol. The van der Waals surface area contributed by atoms with Crippen LogP contribution >= 0.6 is 24.8 Å². The molecule has 20 heavy (non-hydrogen) atoms. The number of aromatic nitrogens is 2. The van der Waals surface area contributed by atoms with E-state index in [4.69, 9.17) is 4.74 Å². The van der Waals surface area contributed by atoms with Crippen LogP contribution in [0, 0.1) is 0 Å². The van der Waals surface area contributed by atoms with Crippen molar-refractivity contribution in [1.82, 2.24) is 20.6 Å². The lowest BCUT2D eigenvalue weighted by Crippen LogP contribution is -2.33. The Hall–Kier alpha value is -0.820. The van der Waals surface area contributed by atoms with E-state index in [1.807, 2.05) is 0 Å². The van der Waals surface area contributed by atoms with E-state index < -0.39 is 0 Å². The van der Waals surface area contributed by atoms with Crippen molar-refractivity contribution in [3.05, 3.63) is 17.7 Å². The zero-order valence-electron chi connectivity index (χ0n) is 11.5. The van der Waals surface area contributed by atoms with Gasteiger partial charge in [-0.15, -0.1) is 24.8 Å². The molecule has 0 atom stereocenters. The summed E-state index contributed by atoms with van der Waals surface area (Å²) in [7, 11) is 1.67. The van der Waals surface area contributed by atoms with Crippen LogP contribution in [0.4, 0.5) is 0 Å². The molecule has 2 rings (SSSR count). The van der Waals surface area contributed by atoms with Gasteiger partial charge in [-0.3, -0.25) is 4.79 Å². The molecule has 3 N–H and O–H groups in total. The van der Waals surface area contributed by atoms with Gasteiger partial charge in [0, 0.05) is 32.7 Å². The Bertz CT molecular complexity index is 397. The number of hydrogen-bond acceptors (Lipinski definition) is 4. The summed E-state index contributed by atoms with van der Waals surface area (Å²) in [5.74, 6) is 1.39. The Balaban J connectivity index is 0.00000180. The molecule has 6 nitrogen and oxygen atoms in total. The number of halogens is 2. The van der Waals surface area contributed by atoms with Gasteiger partial charge in [-0.25, -0.2) is 4.98 Å². The molecule has 0 spiro atoms. The Morgan fingerprint density at radius 1 is 1.40 bits per heavy atom. The number of H-pyrrole nitrogens is 1. The molecule has 8 heteroatoms. The number of imidazole rings is 1. The van der Waals surface area contributed by atoms with Crippen LogP contribution < -0.4 is 10.6 Å². The van der Waals surface area contributed by atoms with Crippen LogP contribution in [-0.4, -0.2) is 49.2 Å². The predicted molar refractivity (Wildman–Crippen MR) is 82.1 cm³/mol. The first-order valence-electron chi connectivity index (χ1n) is 6.34. The standard InChI is InChI=1S/C12H20N4O2.2ClH/c1-18-7-6-13-4-5-14-12(17)10-8-15-11(16-10)9-2-3-9;;/h8-9,13H,2-7H2,1H3,(H,14,17)(H,15,16);2*1H. The van der Waals surface area contributed by atoms with Gasteiger partial charge in [0.25, 0.3) is 5.91 Å². The number of methoxy groups -OCH3 is 1. The zero-order chi connectivity index (χ0) is 12.8. The van der Waals surface area contributed by atoms with Crippen LogP contribution in [0.5, 0.6) is 0 Å². The van der Waals surface area contributed by atoms with Crippen molar-refractivity contribution in [1.29, 1.82) is 0 Å². The third kappa shape index (κ3) is 6.09. The van der Waals surface area contributed by atoms with E-state index in [0.717, 1.165) is 18.9 Å². The Kier molecular flexibility index (Phi) is 9.58. The van der Waals surface area contributed by atoms with E-state index in [1.165, 1.54) is 12.8 Å². The second-order valence-electron chi connectivity index (χ2n) is 4.46. The molecular formula is C12H22Cl2N4O2. The molecule has 0 radical (unpaired) electrons. The number of amides is 1. The Morgan fingerprint density at radius 3 is 2.80 bits per heavy atom. The fourth-order valence-electron chi connectivity index (χ4n) is 1.68. The lowest BCUT2D eigenvalue weighted by atomic mass is 10.4. The first-order valence-corrected chi connectivity index (χ1v) is 6.34. The van der Waals surface area contributed by atoms with E-state index in [0.29, 0.717) is 24.8 Å². The van der Waals surface area contributed by atoms with E-state index in [2.05, 4.69) is 20.6 Å². The van der Waals surface area contributed by atoms with Crippen molar-refractivity contribution in [2.24, 2.45) is 0 Å². The maximum atomic E-state index is 11.8. The van der Waals surface area contributed by atoms with Crippen LogP contribution in [0.1, 0.15) is 35.1 Å². The summed E-state index contributed by atoms with van der Waals surface area (Å²) in [6.45, 7) is 2.81. The minimum absolute atomic E-state index is 0. The van der Waals surface area contributed by atoms with Crippen molar-refractivity contribution < 1.29 is 9.53 Å². The minimum Gasteiger partial charge on any atom is -0.383 e. The Morgan fingerprint density at radius 2 is 2.15 bits per heavy atom. The van der Waals surface area contributed by atoms with Crippen LogP contribution in [0.2, 0.25) is 0 Å². The van der Waals surface area contributed by atoms with Crippen molar-refractivity contribution in [3.8, 4) is 0 Å². The lowest BCUT2D eigenvalue weighted by molar-refractivity contribution is 0.0949. The molecule has 0 bridgehead atoms. The van der Waals surface area contributed by atoms with Gasteiger partial charge in [-0.2, -0.15) is 0 Å². The number of ether oxygens (including phenoxy) is 1. The number of nitrogens with zero attached hydrogens (tertiary/aromatic N) is 1. The van der Waals surface area contributed by atoms with Gasteiger partial charge in [0.05, 0.1) is 12.8 Å². The number of rotatable bonds is 8. The van der Waals surface area contributed by atoms with Crippen molar-refractivity contribution >= 4 is 30.7 Å². The first kappa shape index (κ1) is 19.2. The molecule has 1 aromatic rings. The molecule has 1 aromatic heterocycles. The fraction of sp³-hybridized carbons (Fsp3) is 0.667. The molecule has 116 valence electrons. The van der Waals surface area contributed by atoms with Gasteiger partial charge < -0.3 is 20.4 Å². The molecule has 0 aromatic carbocycles. The van der Waals surface area contributed by atoms with Gasteiger partial charge in [-0.05, 0) is 12.8 Å². The summed E-state index contributed by atoms with van der Waals surface area (Å²) in [5, 5.41) is 6.00. The SMILES string of the molecule is COCCNCCNC(=O)c1cnc(C2CC2)[nH]1.Cl.Cl. The van der Waals surface area contributed by atoms with Gasteiger partial charge in [0.15, 0.2) is 0 Å². The van der Waals surface area contributed by atoms with Crippen molar-refractivity contribution in [2.75, 3.05) is 33.4 Å². The van der Waals surface area contributed by atoms with Crippen LogP contribution in [0.15, 0.2) is 6.20 Å². The molecule has 1 amide bonds. The van der Waals surface area contributed by atoms with E-state index >= 15 is 0 Å². The van der Waals surface area contributed by atoms with Crippen molar-refractivity contribution in [2.45, 2.75) is 18.8 Å². The molecule has 0 aliphatic heterocycles. The molecule has 1 saturated carbocycles. The smallest absolute Gasteiger partial charge is 0.269 e. The maximum Gasteiger partial charge on any atom is 0.269 e. The van der Waals surface area contributed by atoms with Gasteiger partial charge in [0.1, 0.15) is 11.5 Å². The number of aromatic amines is 1. The van der Waals surface area contributed by atoms with Crippen LogP contribution in [0.3, 0.4) is 0 Å². The largest absolute Gasteiger partial charge is 0.383 e. The van der Waals surface area contributed by atoms with Crippen LogP contribution in [0.25, 0.3) is 0 Å². The van der Waals surface area contributed by atoms with Gasteiger partial charge in [-0.1, -0.05) is 0 Å². The summed E-state index contributed by atoms with van der Waals surface area (Å²) in [6, 6.07) is 0. The normalized spacial score (nSPS) is 13.2. The summed E-state index contributed by atoms with van der Waals surface area (Å²) in [4.78, 5) is 19.0. The first-order chi connectivity index (χ1) is 8.81. The third-order valence-corrected chi connectivity index (χ3v) is 2.87. The number of hydrogen-bond donors (Lipinski definition) is 3. The Labute approximate surface area is 131 Å². The number of nitrogens with one attached hydrogen (secondary N) is 3. The second kappa shape index (κ2) is 9.99. The molecule has 1 fully saturated rings. The molecule has 1 aliphatic rings. The highest BCUT2D eigenvalue weighted by Gasteiger charge is 2.27. The van der Waals surface area contributed by atoms with E-state index in [-0.39, 0.29) is 30.7 Å². The molecule has 1 heterocycles. The van der Waals surface area contributed by atoms with E-state index in [9.17, 15) is 4.79 Å². The summed E-state index contributed by atoms with van der Waals surface area (Å²) < 4.78 is 4.91. The summed E-state index contributed by atoms with van der Waals surface area (Å²) in [5.41, 5.74) is 0.550. The lowest BCUT2D eigenvalue weighted by Gasteiger charge is -2.05. The van der Waals surface area contributed by atoms with Gasteiger partial charge >= 0.3 is 0 Å². The maximum absolute atomic E-state index is 11.8. The van der Waals surface area contributed by atoms with Crippen LogP contribution in [-0.2, 0) is 4.74 Å². The monoisotopic (exact) mass is 324 g/mol. The quantitative estimate of drug-likeness (QED) is 0.625. The summed E-state index contributed by atoms with van der Waals surface area (Å²) in [6.07, 6.45) is 3.97. The number of carbonyl (C=O) groups excluding carboxylic acids is 1. The summed E-state index contributed by atoms with van der Waals surface area (Å²) >= 11 is 0. The van der Waals surface area contributed by atoms with E-state index in [1.54, 1.807) is 13.3 Å². The molecule has 0 unspecified atom stereocenters. The highest BCUT2D eigenvalue weighted by atomic mass is 35.5. The second-order valence-corrected chi connectivity index (χ2v) is 4.46. The van der Waals surface area contributed by atoms with Crippen molar-refractivity contribution in [3.63, 3.8) is 0 Å². The fourth-order valence-corrected chi connectivity index (χ4v) is 1.68. The molecule has 1 aliphatic carbocycles. The predicted octanol–water partition coefficient (Wildman–Crippen LogP) is 1.10. The topological polar surface area (TPSA) is 79.0 Å². The van der Waals surface area contributed by atoms with Gasteiger partial charge in [0.2, 0.25) is 0 Å². The zero-order valence-corrected chi connectivity index (χ0v) is 13.1. The number of carbonyl (C=O) groups is 1. The highest BCUT2D eigenvalue weighted by Crippen LogP contribution is 2.37. The average Bonchev–Trinajstić information content (AvgIpc) is 3.11.